The Morgan fingerprint density at radius 3 is 1.97 bits per heavy atom. The highest BCUT2D eigenvalue weighted by molar-refractivity contribution is 5.93. The standard InChI is InChI=1S/C23H31N5O2/c1-4-18(3)28(24)23(30)27(5-2)21-8-6-19(7-9-21)25-14-16-26(17-15-25)20-10-12-22(29)13-11-20/h5-13,18,29H,2,4,14-17,24H2,1,3H3. The molecule has 1 heterocycles. The molecular weight excluding hydrogens is 378 g/mol. The van der Waals surface area contributed by atoms with Crippen LogP contribution in [-0.2, 0) is 0 Å². The largest absolute Gasteiger partial charge is 0.508 e. The van der Waals surface area contributed by atoms with Gasteiger partial charge in [0.05, 0.1) is 5.69 Å². The normalized spacial score (nSPS) is 14.9. The summed E-state index contributed by atoms with van der Waals surface area (Å²) in [6.07, 6.45) is 2.28. The molecule has 7 heteroatoms. The fourth-order valence-corrected chi connectivity index (χ4v) is 3.51. The van der Waals surface area contributed by atoms with Crippen LogP contribution >= 0.6 is 0 Å². The van der Waals surface area contributed by atoms with Crippen LogP contribution in [0.15, 0.2) is 61.3 Å². The highest BCUT2D eigenvalue weighted by Crippen LogP contribution is 2.25. The number of carbonyl (C=O) groups is 1. The maximum absolute atomic E-state index is 12.7. The van der Waals surface area contributed by atoms with Gasteiger partial charge in [-0.15, -0.1) is 0 Å². The van der Waals surface area contributed by atoms with Crippen LogP contribution in [-0.4, -0.2) is 48.4 Å². The van der Waals surface area contributed by atoms with E-state index < -0.39 is 0 Å². The van der Waals surface area contributed by atoms with Crippen molar-refractivity contribution in [3.8, 4) is 5.75 Å². The number of anilines is 3. The van der Waals surface area contributed by atoms with Gasteiger partial charge < -0.3 is 14.9 Å². The first-order chi connectivity index (χ1) is 14.4. The molecule has 160 valence electrons. The van der Waals surface area contributed by atoms with E-state index in [1.165, 1.54) is 16.1 Å². The quantitative estimate of drug-likeness (QED) is 0.432. The molecule has 0 aromatic heterocycles. The second-order valence-electron chi connectivity index (χ2n) is 7.51. The minimum Gasteiger partial charge on any atom is -0.508 e. The Morgan fingerprint density at radius 1 is 1.07 bits per heavy atom. The molecule has 0 saturated carbocycles. The highest BCUT2D eigenvalue weighted by Gasteiger charge is 2.22. The lowest BCUT2D eigenvalue weighted by Gasteiger charge is -2.37. The van der Waals surface area contributed by atoms with Gasteiger partial charge in [-0.3, -0.25) is 9.91 Å². The third-order valence-corrected chi connectivity index (χ3v) is 5.66. The number of hydrogen-bond acceptors (Lipinski definition) is 5. The van der Waals surface area contributed by atoms with E-state index in [-0.39, 0.29) is 17.8 Å². The van der Waals surface area contributed by atoms with E-state index in [0.29, 0.717) is 0 Å². The van der Waals surface area contributed by atoms with Crippen molar-refractivity contribution in [2.75, 3.05) is 40.9 Å². The predicted molar refractivity (Wildman–Crippen MR) is 123 cm³/mol. The van der Waals surface area contributed by atoms with Crippen molar-refractivity contribution >= 4 is 23.1 Å². The number of benzene rings is 2. The van der Waals surface area contributed by atoms with Crippen LogP contribution in [0.3, 0.4) is 0 Å². The zero-order chi connectivity index (χ0) is 21.7. The fraction of sp³-hybridized carbons (Fsp3) is 0.348. The molecule has 7 nitrogen and oxygen atoms in total. The molecule has 30 heavy (non-hydrogen) atoms. The van der Waals surface area contributed by atoms with Gasteiger partial charge in [0.1, 0.15) is 5.75 Å². The van der Waals surface area contributed by atoms with E-state index in [1.807, 2.05) is 50.2 Å². The van der Waals surface area contributed by atoms with Gasteiger partial charge >= 0.3 is 6.03 Å². The molecule has 0 bridgehead atoms. The average Bonchev–Trinajstić information content (AvgIpc) is 2.79. The number of amides is 2. The van der Waals surface area contributed by atoms with Crippen LogP contribution in [0.1, 0.15) is 20.3 Å². The maximum Gasteiger partial charge on any atom is 0.342 e. The smallest absolute Gasteiger partial charge is 0.342 e. The number of piperazine rings is 1. The topological polar surface area (TPSA) is 76.3 Å². The number of phenols is 1. The number of urea groups is 1. The summed E-state index contributed by atoms with van der Waals surface area (Å²) in [5, 5.41) is 10.7. The van der Waals surface area contributed by atoms with Gasteiger partial charge in [0.25, 0.3) is 0 Å². The van der Waals surface area contributed by atoms with Crippen LogP contribution in [0.4, 0.5) is 21.9 Å². The van der Waals surface area contributed by atoms with Crippen molar-refractivity contribution in [1.82, 2.24) is 5.01 Å². The Kier molecular flexibility index (Phi) is 6.84. The van der Waals surface area contributed by atoms with Gasteiger partial charge in [0, 0.05) is 49.8 Å². The molecule has 1 aliphatic heterocycles. The summed E-state index contributed by atoms with van der Waals surface area (Å²) in [6.45, 7) is 11.3. The van der Waals surface area contributed by atoms with Gasteiger partial charge in [-0.2, -0.15) is 0 Å². The molecule has 0 aliphatic carbocycles. The first kappa shape index (κ1) is 21.5. The molecule has 1 aliphatic rings. The zero-order valence-corrected chi connectivity index (χ0v) is 17.7. The summed E-state index contributed by atoms with van der Waals surface area (Å²) in [6, 6.07) is 14.9. The number of phenolic OH excluding ortho intramolecular Hbond substituents is 1. The lowest BCUT2D eigenvalue weighted by atomic mass is 10.2. The Balaban J connectivity index is 1.63. The van der Waals surface area contributed by atoms with Crippen LogP contribution < -0.4 is 20.5 Å². The highest BCUT2D eigenvalue weighted by atomic mass is 16.3. The van der Waals surface area contributed by atoms with Crippen LogP contribution in [0.5, 0.6) is 5.75 Å². The molecule has 3 rings (SSSR count). The minimum atomic E-state index is -0.297. The average molecular weight is 410 g/mol. The maximum atomic E-state index is 12.7. The summed E-state index contributed by atoms with van der Waals surface area (Å²) in [7, 11) is 0. The molecule has 1 saturated heterocycles. The number of carbonyl (C=O) groups excluding carboxylic acids is 1. The number of hydrazine groups is 1. The monoisotopic (exact) mass is 409 g/mol. The third-order valence-electron chi connectivity index (χ3n) is 5.66. The lowest BCUT2D eigenvalue weighted by molar-refractivity contribution is 0.187. The zero-order valence-electron chi connectivity index (χ0n) is 17.7. The molecule has 2 amide bonds. The van der Waals surface area contributed by atoms with Crippen LogP contribution in [0, 0.1) is 0 Å². The van der Waals surface area contributed by atoms with Gasteiger partial charge in [0.2, 0.25) is 0 Å². The summed E-state index contributed by atoms with van der Waals surface area (Å²) in [5.74, 6) is 6.25. The van der Waals surface area contributed by atoms with E-state index in [2.05, 4.69) is 16.4 Å². The van der Waals surface area contributed by atoms with Gasteiger partial charge in [-0.05, 0) is 61.9 Å². The summed E-state index contributed by atoms with van der Waals surface area (Å²) < 4.78 is 0. The van der Waals surface area contributed by atoms with Crippen LogP contribution in [0.2, 0.25) is 0 Å². The minimum absolute atomic E-state index is 0.0518. The molecule has 1 atom stereocenters. The molecule has 3 N–H and O–H groups in total. The number of hydrogen-bond donors (Lipinski definition) is 2. The summed E-state index contributed by atoms with van der Waals surface area (Å²) in [5.41, 5.74) is 2.97. The van der Waals surface area contributed by atoms with Gasteiger partial charge in [0.15, 0.2) is 0 Å². The van der Waals surface area contributed by atoms with Crippen molar-refractivity contribution < 1.29 is 9.90 Å². The van der Waals surface area contributed by atoms with E-state index in [0.717, 1.165) is 49.7 Å². The lowest BCUT2D eigenvalue weighted by Crippen LogP contribution is -2.49. The van der Waals surface area contributed by atoms with Gasteiger partial charge in [-0.25, -0.2) is 10.6 Å². The Morgan fingerprint density at radius 2 is 1.53 bits per heavy atom. The third kappa shape index (κ3) is 4.68. The first-order valence-corrected chi connectivity index (χ1v) is 10.3. The SMILES string of the molecule is C=CN(C(=O)N(N)C(C)CC)c1ccc(N2CCN(c3ccc(O)cc3)CC2)cc1. The first-order valence-electron chi connectivity index (χ1n) is 10.3. The second kappa shape index (κ2) is 9.54. The van der Waals surface area contributed by atoms with Crippen LogP contribution in [0.25, 0.3) is 0 Å². The summed E-state index contributed by atoms with van der Waals surface area (Å²) in [4.78, 5) is 18.8. The van der Waals surface area contributed by atoms with Crippen molar-refractivity contribution in [1.29, 1.82) is 0 Å². The van der Waals surface area contributed by atoms with E-state index in [1.54, 1.807) is 12.1 Å². The summed E-state index contributed by atoms with van der Waals surface area (Å²) >= 11 is 0. The van der Waals surface area contributed by atoms with E-state index in [4.69, 9.17) is 5.84 Å². The number of rotatable bonds is 6. The molecule has 2 aromatic carbocycles. The van der Waals surface area contributed by atoms with Crippen molar-refractivity contribution in [2.45, 2.75) is 26.3 Å². The Hall–Kier alpha value is -3.19. The fourth-order valence-electron chi connectivity index (χ4n) is 3.51. The second-order valence-corrected chi connectivity index (χ2v) is 7.51. The molecule has 0 spiro atoms. The van der Waals surface area contributed by atoms with Crippen molar-refractivity contribution in [3.05, 3.63) is 61.3 Å². The van der Waals surface area contributed by atoms with Crippen molar-refractivity contribution in [3.63, 3.8) is 0 Å². The van der Waals surface area contributed by atoms with E-state index >= 15 is 0 Å². The predicted octanol–water partition coefficient (Wildman–Crippen LogP) is 3.76. The number of nitrogens with two attached hydrogens (primary N) is 1. The van der Waals surface area contributed by atoms with Crippen molar-refractivity contribution in [2.24, 2.45) is 5.84 Å². The molecule has 2 aromatic rings. The molecule has 1 unspecified atom stereocenters. The number of nitrogens with zero attached hydrogens (tertiary/aromatic N) is 4. The molecular formula is C23H31N5O2. The Labute approximate surface area is 178 Å². The van der Waals surface area contributed by atoms with E-state index in [9.17, 15) is 9.90 Å². The number of aromatic hydroxyl groups is 1. The molecule has 1 fully saturated rings. The molecule has 0 radical (unpaired) electrons. The Bertz CT molecular complexity index is 845. The van der Waals surface area contributed by atoms with Gasteiger partial charge in [-0.1, -0.05) is 13.5 Å².